The number of fused-ring (bicyclic) bond motifs is 1. The van der Waals surface area contributed by atoms with Crippen LogP contribution < -0.4 is 10.4 Å². The summed E-state index contributed by atoms with van der Waals surface area (Å²) in [5, 5.41) is 20.2. The lowest BCUT2D eigenvalue weighted by atomic mass is 9.77. The number of nitrogens with zero attached hydrogens (tertiary/aromatic N) is 2. The fourth-order valence-corrected chi connectivity index (χ4v) is 5.01. The van der Waals surface area contributed by atoms with Crippen molar-refractivity contribution in [1.82, 2.24) is 9.13 Å². The van der Waals surface area contributed by atoms with E-state index in [1.165, 1.54) is 72.6 Å². The maximum atomic E-state index is 14.5. The Balaban J connectivity index is 1.72. The predicted octanol–water partition coefficient (Wildman–Crippen LogP) is 6.23. The molecule has 0 saturated carbocycles. The molecule has 2 atom stereocenters. The second kappa shape index (κ2) is 9.68. The number of hydrogen-bond donors (Lipinski definition) is 2. The molecular weight excluding hydrogens is 548 g/mol. The van der Waals surface area contributed by atoms with Crippen LogP contribution in [0.1, 0.15) is 34.3 Å². The number of ether oxygens (including phenoxy) is 1. The molecule has 0 aliphatic carbocycles. The topological polar surface area (TPSA) is 93.7 Å². The van der Waals surface area contributed by atoms with Crippen LogP contribution in [-0.2, 0) is 19.7 Å². The van der Waals surface area contributed by atoms with Crippen molar-refractivity contribution in [1.29, 1.82) is 0 Å². The summed E-state index contributed by atoms with van der Waals surface area (Å²) < 4.78 is 51.6. The smallest absolute Gasteiger partial charge is 0.422 e. The van der Waals surface area contributed by atoms with Crippen LogP contribution in [0, 0.1) is 0 Å². The van der Waals surface area contributed by atoms with E-state index in [1.54, 1.807) is 0 Å². The first-order chi connectivity index (χ1) is 17.7. The number of hydrogen-bond acceptors (Lipinski definition) is 4. The van der Waals surface area contributed by atoms with Crippen molar-refractivity contribution in [2.24, 2.45) is 14.1 Å². The van der Waals surface area contributed by atoms with E-state index in [4.69, 9.17) is 33.0 Å². The molecule has 0 saturated heterocycles. The Morgan fingerprint density at radius 1 is 0.921 bits per heavy atom. The summed E-state index contributed by atoms with van der Waals surface area (Å²) in [6.07, 6.45) is -5.10. The highest BCUT2D eigenvalue weighted by Gasteiger charge is 2.59. The van der Waals surface area contributed by atoms with E-state index in [1.807, 2.05) is 0 Å². The summed E-state index contributed by atoms with van der Waals surface area (Å²) in [5.41, 5.74) is -3.70. The number of imidazole rings is 1. The van der Waals surface area contributed by atoms with Crippen LogP contribution in [0.4, 0.5) is 13.2 Å². The molecule has 0 bridgehead atoms. The molecule has 0 aliphatic heterocycles. The van der Waals surface area contributed by atoms with E-state index in [0.29, 0.717) is 5.52 Å². The molecule has 12 heteroatoms. The van der Waals surface area contributed by atoms with Crippen LogP contribution in [0.3, 0.4) is 0 Å². The number of rotatable bonds is 6. The average molecular weight is 569 g/mol. The molecule has 1 heterocycles. The molecule has 7 nitrogen and oxygen atoms in total. The van der Waals surface area contributed by atoms with Crippen LogP contribution in [-0.4, -0.2) is 31.5 Å². The maximum absolute atomic E-state index is 14.5. The molecule has 0 radical (unpaired) electrons. The summed E-state index contributed by atoms with van der Waals surface area (Å²) in [5.74, 6) is -2.44. The monoisotopic (exact) mass is 568 g/mol. The van der Waals surface area contributed by atoms with Crippen LogP contribution in [0.5, 0.6) is 11.5 Å². The van der Waals surface area contributed by atoms with Crippen LogP contribution in [0.25, 0.3) is 11.0 Å². The summed E-state index contributed by atoms with van der Waals surface area (Å²) in [6.45, 7) is 1.20. The molecule has 0 amide bonds. The van der Waals surface area contributed by atoms with E-state index in [9.17, 15) is 27.9 Å². The van der Waals surface area contributed by atoms with Crippen molar-refractivity contribution in [3.8, 4) is 11.5 Å². The first kappa shape index (κ1) is 27.6. The quantitative estimate of drug-likeness (QED) is 0.287. The Morgan fingerprint density at radius 3 is 2.05 bits per heavy atom. The molecule has 4 aromatic rings. The Kier molecular flexibility index (Phi) is 7.02. The molecule has 1 aromatic heterocycles. The molecule has 3 aromatic carbocycles. The first-order valence-electron chi connectivity index (χ1n) is 11.1. The number of carboxylic acid groups (broad SMARTS) is 1. The fraction of sp³-hybridized carbons (Fsp3) is 0.231. The number of carboxylic acids is 1. The van der Waals surface area contributed by atoms with Gasteiger partial charge in [0.15, 0.2) is 5.60 Å². The lowest BCUT2D eigenvalue weighted by molar-refractivity contribution is -0.274. The van der Waals surface area contributed by atoms with Gasteiger partial charge < -0.3 is 14.9 Å². The van der Waals surface area contributed by atoms with Crippen molar-refractivity contribution in [2.45, 2.75) is 24.6 Å². The molecule has 38 heavy (non-hydrogen) atoms. The van der Waals surface area contributed by atoms with E-state index in [0.717, 1.165) is 12.1 Å². The van der Waals surface area contributed by atoms with Crippen molar-refractivity contribution in [3.63, 3.8) is 0 Å². The molecule has 0 fully saturated rings. The van der Waals surface area contributed by atoms with Crippen molar-refractivity contribution >= 4 is 40.2 Å². The highest BCUT2D eigenvalue weighted by Crippen LogP contribution is 2.50. The van der Waals surface area contributed by atoms with E-state index >= 15 is 0 Å². The second-order valence-corrected chi connectivity index (χ2v) is 9.64. The van der Waals surface area contributed by atoms with Crippen molar-refractivity contribution < 1.29 is 32.9 Å². The van der Waals surface area contributed by atoms with Gasteiger partial charge in [0.05, 0.1) is 21.6 Å². The van der Waals surface area contributed by atoms with Gasteiger partial charge in [-0.1, -0.05) is 42.3 Å². The van der Waals surface area contributed by atoms with Gasteiger partial charge >= 0.3 is 17.8 Å². The number of benzene rings is 3. The van der Waals surface area contributed by atoms with Gasteiger partial charge in [-0.2, -0.15) is 13.2 Å². The lowest BCUT2D eigenvalue weighted by Gasteiger charge is -2.37. The highest BCUT2D eigenvalue weighted by molar-refractivity contribution is 6.33. The molecule has 0 spiro atoms. The van der Waals surface area contributed by atoms with Gasteiger partial charge in [0.2, 0.25) is 0 Å². The summed E-state index contributed by atoms with van der Waals surface area (Å²) in [6, 6.07) is 11.5. The van der Waals surface area contributed by atoms with Crippen molar-refractivity contribution in [3.05, 3.63) is 91.8 Å². The molecule has 0 aliphatic rings. The Labute approximate surface area is 224 Å². The second-order valence-electron chi connectivity index (χ2n) is 8.82. The molecule has 2 N–H and O–H groups in total. The number of alkyl halides is 3. The molecule has 4 rings (SSSR count). The number of aromatic nitrogens is 2. The SMILES string of the molecule is CC(c1ccc(Oc2ccc(C(=O)O)c(Cl)c2)cc1Cl)C(O)(c1ccc2c(c1)n(C)c(=O)n2C)C(F)(F)F. The zero-order valence-corrected chi connectivity index (χ0v) is 21.7. The van der Waals surface area contributed by atoms with Gasteiger partial charge in [0, 0.05) is 31.1 Å². The first-order valence-corrected chi connectivity index (χ1v) is 11.9. The van der Waals surface area contributed by atoms with Gasteiger partial charge in [0.1, 0.15) is 11.5 Å². The standard InChI is InChI=1S/C26H21Cl2F3N2O5/c1-13(17-7-5-15(11-19(17)27)38-16-6-8-18(23(34)35)20(28)12-16)25(37,26(29,30)31)14-4-9-21-22(10-14)33(3)24(36)32(21)2/h4-13,37H,1-3H3,(H,34,35). The Hall–Kier alpha value is -3.47. The third kappa shape index (κ3) is 4.53. The zero-order valence-electron chi connectivity index (χ0n) is 20.2. The Bertz CT molecular complexity index is 1630. The number of aromatic carboxylic acids is 1. The largest absolute Gasteiger partial charge is 0.478 e. The van der Waals surface area contributed by atoms with Crippen LogP contribution in [0.2, 0.25) is 10.0 Å². The van der Waals surface area contributed by atoms with Crippen molar-refractivity contribution in [2.75, 3.05) is 0 Å². The third-order valence-electron chi connectivity index (χ3n) is 6.62. The van der Waals surface area contributed by atoms with E-state index in [-0.39, 0.29) is 38.2 Å². The average Bonchev–Trinajstić information content (AvgIpc) is 3.05. The van der Waals surface area contributed by atoms with Gasteiger partial charge in [0.25, 0.3) is 0 Å². The minimum absolute atomic E-state index is 0.000136. The van der Waals surface area contributed by atoms with Gasteiger partial charge in [-0.15, -0.1) is 0 Å². The minimum atomic E-state index is -5.10. The number of aryl methyl sites for hydroxylation is 2. The third-order valence-corrected chi connectivity index (χ3v) is 7.26. The molecule has 2 unspecified atom stereocenters. The van der Waals surface area contributed by atoms with E-state index in [2.05, 4.69) is 0 Å². The number of aliphatic hydroxyl groups is 1. The van der Waals surface area contributed by atoms with Crippen LogP contribution in [0.15, 0.2) is 59.4 Å². The molecular formula is C26H21Cl2F3N2O5. The zero-order chi connectivity index (χ0) is 28.2. The highest BCUT2D eigenvalue weighted by atomic mass is 35.5. The maximum Gasteiger partial charge on any atom is 0.422 e. The minimum Gasteiger partial charge on any atom is -0.478 e. The normalized spacial score (nSPS) is 14.3. The summed E-state index contributed by atoms with van der Waals surface area (Å²) in [4.78, 5) is 23.4. The van der Waals surface area contributed by atoms with Gasteiger partial charge in [-0.25, -0.2) is 9.59 Å². The van der Waals surface area contributed by atoms with E-state index < -0.39 is 34.9 Å². The summed E-state index contributed by atoms with van der Waals surface area (Å²) >= 11 is 12.3. The molecule has 200 valence electrons. The van der Waals surface area contributed by atoms with Crippen LogP contribution >= 0.6 is 23.2 Å². The Morgan fingerprint density at radius 2 is 1.50 bits per heavy atom. The number of halogens is 5. The summed E-state index contributed by atoms with van der Waals surface area (Å²) in [7, 11) is 2.93. The lowest BCUT2D eigenvalue weighted by Crippen LogP contribution is -2.46. The fourth-order valence-electron chi connectivity index (χ4n) is 4.42. The number of carbonyl (C=O) groups is 1. The predicted molar refractivity (Wildman–Crippen MR) is 136 cm³/mol. The van der Waals surface area contributed by atoms with Gasteiger partial charge in [-0.05, 0) is 47.5 Å². The van der Waals surface area contributed by atoms with Gasteiger partial charge in [-0.3, -0.25) is 9.13 Å².